The Morgan fingerprint density at radius 1 is 1.14 bits per heavy atom. The van der Waals surface area contributed by atoms with E-state index in [9.17, 15) is 13.2 Å². The highest BCUT2D eigenvalue weighted by atomic mass is 35.5. The summed E-state index contributed by atoms with van der Waals surface area (Å²) in [5.74, 6) is -0.158. The molecule has 1 aromatic carbocycles. The first kappa shape index (κ1) is 23.2. The van der Waals surface area contributed by atoms with Gasteiger partial charge in [-0.3, -0.25) is 9.78 Å². The van der Waals surface area contributed by atoms with E-state index in [0.717, 1.165) is 47.7 Å². The molecule has 0 unspecified atom stereocenters. The van der Waals surface area contributed by atoms with Crippen molar-refractivity contribution in [1.82, 2.24) is 15.0 Å². The Morgan fingerprint density at radius 3 is 2.77 bits per heavy atom. The third-order valence-electron chi connectivity index (χ3n) is 6.01. The van der Waals surface area contributed by atoms with Crippen LogP contribution in [0.25, 0.3) is 10.9 Å². The van der Waals surface area contributed by atoms with E-state index in [2.05, 4.69) is 15.0 Å². The molecule has 0 atom stereocenters. The van der Waals surface area contributed by atoms with Crippen molar-refractivity contribution in [3.63, 3.8) is 0 Å². The number of nitrogens with zero attached hydrogens (tertiary/aromatic N) is 4. The van der Waals surface area contributed by atoms with Gasteiger partial charge in [0.25, 0.3) is 5.91 Å². The molecule has 2 N–H and O–H groups in total. The predicted octanol–water partition coefficient (Wildman–Crippen LogP) is 4.00. The van der Waals surface area contributed by atoms with Gasteiger partial charge in [-0.05, 0) is 60.7 Å². The molecular formula is C25H22ClN5O3S. The number of nitrogens with two attached hydrogens (primary N) is 1. The first-order valence-electron chi connectivity index (χ1n) is 11.0. The average Bonchev–Trinajstić information content (AvgIpc) is 3.30. The molecule has 5 rings (SSSR count). The zero-order valence-corrected chi connectivity index (χ0v) is 20.5. The number of aryl methyl sites for hydroxylation is 2. The monoisotopic (exact) mass is 507 g/mol. The number of pyridine rings is 3. The number of benzene rings is 1. The molecule has 8 nitrogen and oxygen atoms in total. The van der Waals surface area contributed by atoms with Crippen LogP contribution in [0.4, 0.5) is 11.5 Å². The molecule has 0 bridgehead atoms. The van der Waals surface area contributed by atoms with Crippen molar-refractivity contribution in [3.8, 4) is 0 Å². The molecule has 1 aliphatic carbocycles. The lowest BCUT2D eigenvalue weighted by Gasteiger charge is -2.25. The fourth-order valence-electron chi connectivity index (χ4n) is 4.32. The molecule has 35 heavy (non-hydrogen) atoms. The minimum Gasteiger partial charge on any atom is -0.382 e. The lowest BCUT2D eigenvalue weighted by Crippen LogP contribution is -2.32. The maximum absolute atomic E-state index is 13.8. The van der Waals surface area contributed by atoms with Gasteiger partial charge in [-0.15, -0.1) is 0 Å². The van der Waals surface area contributed by atoms with Gasteiger partial charge in [0.2, 0.25) is 0 Å². The summed E-state index contributed by atoms with van der Waals surface area (Å²) < 4.78 is 25.0. The number of sulfone groups is 1. The van der Waals surface area contributed by atoms with Crippen molar-refractivity contribution < 1.29 is 13.2 Å². The minimum absolute atomic E-state index is 0.0876. The Hall–Kier alpha value is -3.56. The summed E-state index contributed by atoms with van der Waals surface area (Å²) >= 11 is 6.09. The van der Waals surface area contributed by atoms with Gasteiger partial charge < -0.3 is 10.6 Å². The number of rotatable bonds is 5. The van der Waals surface area contributed by atoms with E-state index in [1.54, 1.807) is 30.5 Å². The van der Waals surface area contributed by atoms with E-state index in [-0.39, 0.29) is 29.0 Å². The number of nitrogen functional groups attached to an aromatic ring is 1. The van der Waals surface area contributed by atoms with Gasteiger partial charge in [-0.2, -0.15) is 0 Å². The Labute approximate surface area is 207 Å². The first-order valence-corrected chi connectivity index (χ1v) is 13.3. The van der Waals surface area contributed by atoms with E-state index >= 15 is 0 Å². The number of anilines is 2. The maximum atomic E-state index is 13.8. The molecule has 0 fully saturated rings. The van der Waals surface area contributed by atoms with Crippen LogP contribution in [0.15, 0.2) is 59.9 Å². The minimum atomic E-state index is -3.71. The second-order valence-corrected chi connectivity index (χ2v) is 10.9. The molecular weight excluding hydrogens is 486 g/mol. The third kappa shape index (κ3) is 4.56. The van der Waals surface area contributed by atoms with Gasteiger partial charge in [-0.1, -0.05) is 23.7 Å². The van der Waals surface area contributed by atoms with Gasteiger partial charge in [0.15, 0.2) is 14.9 Å². The Morgan fingerprint density at radius 2 is 1.97 bits per heavy atom. The number of carbonyl (C=O) groups excluding carboxylic acids is 1. The zero-order chi connectivity index (χ0) is 24.7. The zero-order valence-electron chi connectivity index (χ0n) is 18.9. The standard InChI is InChI=1S/C25H22ClN5O3S/c1-35(33,34)24-22(6-3-9-28-24)31(25(32)18-11-16-4-2-5-20(16)29-13-18)14-15-7-8-17-12-19(26)23(27)30-21(17)10-15/h3,6-13H,2,4-5,14H2,1H3,(H2,27,30). The smallest absolute Gasteiger partial charge is 0.260 e. The molecule has 3 heterocycles. The second-order valence-electron chi connectivity index (χ2n) is 8.56. The van der Waals surface area contributed by atoms with E-state index in [1.165, 1.54) is 11.1 Å². The molecule has 0 saturated carbocycles. The van der Waals surface area contributed by atoms with Gasteiger partial charge >= 0.3 is 0 Å². The maximum Gasteiger partial charge on any atom is 0.260 e. The molecule has 0 radical (unpaired) electrons. The average molecular weight is 508 g/mol. The highest BCUT2D eigenvalue weighted by molar-refractivity contribution is 7.90. The SMILES string of the molecule is CS(=O)(=O)c1ncccc1N(Cc1ccc2cc(Cl)c(N)nc2c1)C(=O)c1cnc2c(c1)CCC2. The fraction of sp³-hybridized carbons (Fsp3) is 0.200. The Balaban J connectivity index is 1.61. The predicted molar refractivity (Wildman–Crippen MR) is 135 cm³/mol. The van der Waals surface area contributed by atoms with Crippen LogP contribution in [0.5, 0.6) is 0 Å². The van der Waals surface area contributed by atoms with Crippen molar-refractivity contribution in [1.29, 1.82) is 0 Å². The van der Waals surface area contributed by atoms with Crippen LogP contribution in [-0.4, -0.2) is 35.5 Å². The highest BCUT2D eigenvalue weighted by Gasteiger charge is 2.27. The van der Waals surface area contributed by atoms with Crippen LogP contribution in [0.1, 0.15) is 33.6 Å². The summed E-state index contributed by atoms with van der Waals surface area (Å²) in [4.78, 5) is 28.1. The normalized spacial score (nSPS) is 13.1. The quantitative estimate of drug-likeness (QED) is 0.433. The van der Waals surface area contributed by atoms with Crippen LogP contribution in [0, 0.1) is 0 Å². The number of hydrogen-bond acceptors (Lipinski definition) is 7. The van der Waals surface area contributed by atoms with Gasteiger partial charge in [0.05, 0.1) is 28.3 Å². The summed E-state index contributed by atoms with van der Waals surface area (Å²) in [5, 5.41) is 0.989. The first-order chi connectivity index (χ1) is 16.7. The molecule has 178 valence electrons. The molecule has 3 aromatic heterocycles. The summed E-state index contributed by atoms with van der Waals surface area (Å²) in [5.41, 5.74) is 9.87. The Kier molecular flexibility index (Phi) is 5.90. The number of aromatic nitrogens is 3. The summed E-state index contributed by atoms with van der Waals surface area (Å²) in [6, 6.07) is 12.3. The largest absolute Gasteiger partial charge is 0.382 e. The third-order valence-corrected chi connectivity index (χ3v) is 7.33. The van der Waals surface area contributed by atoms with Crippen LogP contribution >= 0.6 is 11.6 Å². The Bertz CT molecular complexity index is 1590. The highest BCUT2D eigenvalue weighted by Crippen LogP contribution is 2.29. The van der Waals surface area contributed by atoms with Crippen molar-refractivity contribution in [2.45, 2.75) is 30.8 Å². The van der Waals surface area contributed by atoms with Gasteiger partial charge in [-0.25, -0.2) is 18.4 Å². The van der Waals surface area contributed by atoms with E-state index in [0.29, 0.717) is 16.1 Å². The van der Waals surface area contributed by atoms with Crippen molar-refractivity contribution in [3.05, 3.63) is 82.3 Å². The topological polar surface area (TPSA) is 119 Å². The van der Waals surface area contributed by atoms with Crippen LogP contribution < -0.4 is 10.6 Å². The lowest BCUT2D eigenvalue weighted by molar-refractivity contribution is 0.0984. The van der Waals surface area contributed by atoms with Crippen molar-refractivity contribution in [2.75, 3.05) is 16.9 Å². The number of halogens is 1. The molecule has 0 aliphatic heterocycles. The van der Waals surface area contributed by atoms with E-state index in [1.807, 2.05) is 18.2 Å². The number of fused-ring (bicyclic) bond motifs is 2. The van der Waals surface area contributed by atoms with Crippen LogP contribution in [0.3, 0.4) is 0 Å². The summed E-state index contributed by atoms with van der Waals surface area (Å²) in [6.07, 6.45) is 6.79. The van der Waals surface area contributed by atoms with Crippen LogP contribution in [0.2, 0.25) is 5.02 Å². The molecule has 10 heteroatoms. The molecule has 1 amide bonds. The van der Waals surface area contributed by atoms with E-state index < -0.39 is 9.84 Å². The van der Waals surface area contributed by atoms with Gasteiger partial charge in [0.1, 0.15) is 5.82 Å². The molecule has 1 aliphatic rings. The van der Waals surface area contributed by atoms with Crippen molar-refractivity contribution >= 4 is 49.8 Å². The molecule has 4 aromatic rings. The van der Waals surface area contributed by atoms with Crippen molar-refractivity contribution in [2.24, 2.45) is 0 Å². The van der Waals surface area contributed by atoms with Crippen LogP contribution in [-0.2, 0) is 29.2 Å². The fourth-order valence-corrected chi connectivity index (χ4v) is 5.29. The lowest BCUT2D eigenvalue weighted by atomic mass is 10.1. The molecule has 0 saturated heterocycles. The summed E-state index contributed by atoms with van der Waals surface area (Å²) in [6.45, 7) is 0.0876. The number of amides is 1. The second kappa shape index (κ2) is 8.90. The number of carbonyl (C=O) groups is 1. The molecule has 0 spiro atoms. The van der Waals surface area contributed by atoms with Gasteiger partial charge in [0, 0.05) is 29.7 Å². The summed E-state index contributed by atoms with van der Waals surface area (Å²) in [7, 11) is -3.71. The van der Waals surface area contributed by atoms with E-state index in [4.69, 9.17) is 17.3 Å². The number of hydrogen-bond donors (Lipinski definition) is 1.